The van der Waals surface area contributed by atoms with Gasteiger partial charge in [-0.3, -0.25) is 0 Å². The van der Waals surface area contributed by atoms with Gasteiger partial charge in [0.05, 0.1) is 11.0 Å². The number of benzene rings is 1. The average Bonchev–Trinajstić information content (AvgIpc) is 2.78. The first-order valence-electron chi connectivity index (χ1n) is 5.58. The second-order valence-corrected chi connectivity index (χ2v) is 4.97. The van der Waals surface area contributed by atoms with Gasteiger partial charge < -0.3 is 5.11 Å². The van der Waals surface area contributed by atoms with E-state index in [0.717, 1.165) is 4.88 Å². The van der Waals surface area contributed by atoms with Crippen LogP contribution in [-0.4, -0.2) is 11.2 Å². The zero-order valence-electron chi connectivity index (χ0n) is 9.68. The molecule has 86 valence electrons. The maximum absolute atomic E-state index is 9.11. The molecule has 0 spiro atoms. The van der Waals surface area contributed by atoms with Crippen molar-refractivity contribution in [3.8, 4) is 22.3 Å². The number of hydrogen-bond acceptors (Lipinski definition) is 2. The predicted octanol–water partition coefficient (Wildman–Crippen LogP) is 3.54. The fourth-order valence-corrected chi connectivity index (χ4v) is 2.33. The molecule has 0 fully saturated rings. The molecule has 2 rings (SSSR count). The molecule has 0 aliphatic heterocycles. The van der Waals surface area contributed by atoms with Crippen molar-refractivity contribution >= 4 is 11.3 Å². The third kappa shape index (κ3) is 3.45. The quantitative estimate of drug-likeness (QED) is 0.799. The molecule has 0 amide bonds. The van der Waals surface area contributed by atoms with Crippen molar-refractivity contribution in [1.29, 1.82) is 0 Å². The Morgan fingerprint density at radius 1 is 1.18 bits per heavy atom. The molecule has 1 aromatic carbocycles. The molecule has 2 aromatic rings. The number of hydrogen-bond donors (Lipinski definition) is 1. The molecule has 0 saturated heterocycles. The summed E-state index contributed by atoms with van der Waals surface area (Å²) in [6.07, 6.45) is 0.175. The summed E-state index contributed by atoms with van der Waals surface area (Å²) in [5.74, 6) is 6.05. The molecule has 2 heteroatoms. The molecule has 0 bridgehead atoms. The monoisotopic (exact) mass is 242 g/mol. The van der Waals surface area contributed by atoms with E-state index in [1.54, 1.807) is 18.3 Å². The minimum absolute atomic E-state index is 0.351. The third-order valence-corrected chi connectivity index (χ3v) is 3.32. The van der Waals surface area contributed by atoms with Crippen LogP contribution >= 0.6 is 11.3 Å². The standard InChI is InChI=1S/C15H14OS/c1-12(16)6-5-9-14-10-11-15(17-14)13-7-3-2-4-8-13/h2-4,7-8,10-12,16H,6H2,1H3. The van der Waals surface area contributed by atoms with Crippen LogP contribution in [0.3, 0.4) is 0 Å². The van der Waals surface area contributed by atoms with Crippen molar-refractivity contribution < 1.29 is 5.11 Å². The first-order chi connectivity index (χ1) is 8.25. The van der Waals surface area contributed by atoms with E-state index in [1.165, 1.54) is 10.4 Å². The van der Waals surface area contributed by atoms with Gasteiger partial charge in [-0.25, -0.2) is 0 Å². The molecule has 1 N–H and O–H groups in total. The Bertz CT molecular complexity index is 529. The van der Waals surface area contributed by atoms with E-state index in [9.17, 15) is 0 Å². The van der Waals surface area contributed by atoms with Gasteiger partial charge in [0.15, 0.2) is 0 Å². The Hall–Kier alpha value is -1.56. The number of rotatable bonds is 2. The van der Waals surface area contributed by atoms with E-state index in [4.69, 9.17) is 5.11 Å². The van der Waals surface area contributed by atoms with Crippen LogP contribution in [0.1, 0.15) is 18.2 Å². The van der Waals surface area contributed by atoms with E-state index >= 15 is 0 Å². The van der Waals surface area contributed by atoms with Crippen LogP contribution in [0.4, 0.5) is 0 Å². The van der Waals surface area contributed by atoms with Gasteiger partial charge in [-0.1, -0.05) is 42.2 Å². The van der Waals surface area contributed by atoms with Crippen LogP contribution in [-0.2, 0) is 0 Å². The normalized spacial score (nSPS) is 11.6. The Labute approximate surface area is 106 Å². The number of aliphatic hydroxyl groups is 1. The molecular formula is C15H14OS. The van der Waals surface area contributed by atoms with E-state index in [0.29, 0.717) is 6.42 Å². The van der Waals surface area contributed by atoms with Crippen LogP contribution in [0.2, 0.25) is 0 Å². The Kier molecular flexibility index (Phi) is 3.98. The lowest BCUT2D eigenvalue weighted by molar-refractivity contribution is 0.201. The number of aliphatic hydroxyl groups excluding tert-OH is 1. The van der Waals surface area contributed by atoms with Gasteiger partial charge >= 0.3 is 0 Å². The van der Waals surface area contributed by atoms with Crippen LogP contribution < -0.4 is 0 Å². The lowest BCUT2D eigenvalue weighted by atomic mass is 10.2. The van der Waals surface area contributed by atoms with Crippen molar-refractivity contribution in [1.82, 2.24) is 0 Å². The molecule has 1 nitrogen and oxygen atoms in total. The molecule has 0 radical (unpaired) electrons. The van der Waals surface area contributed by atoms with E-state index < -0.39 is 0 Å². The van der Waals surface area contributed by atoms with Crippen LogP contribution in [0.5, 0.6) is 0 Å². The highest BCUT2D eigenvalue weighted by Crippen LogP contribution is 2.27. The molecule has 17 heavy (non-hydrogen) atoms. The maximum atomic E-state index is 9.11. The van der Waals surface area contributed by atoms with E-state index in [2.05, 4.69) is 30.0 Å². The SMILES string of the molecule is CC(O)CC#Cc1ccc(-c2ccccc2)s1. The maximum Gasteiger partial charge on any atom is 0.0775 e. The first kappa shape index (κ1) is 11.9. The van der Waals surface area contributed by atoms with Crippen molar-refractivity contribution in [2.75, 3.05) is 0 Å². The molecule has 1 heterocycles. The Balaban J connectivity index is 2.13. The summed E-state index contributed by atoms with van der Waals surface area (Å²) in [4.78, 5) is 2.27. The van der Waals surface area contributed by atoms with Crippen LogP contribution in [0.25, 0.3) is 10.4 Å². The summed E-state index contributed by atoms with van der Waals surface area (Å²) in [5, 5.41) is 9.11. The fraction of sp³-hybridized carbons (Fsp3) is 0.200. The predicted molar refractivity (Wildman–Crippen MR) is 72.9 cm³/mol. The Morgan fingerprint density at radius 2 is 1.94 bits per heavy atom. The zero-order chi connectivity index (χ0) is 12.1. The molecule has 0 aliphatic rings. The summed E-state index contributed by atoms with van der Waals surface area (Å²) in [5.41, 5.74) is 1.22. The lowest BCUT2D eigenvalue weighted by Gasteiger charge is -1.94. The molecule has 1 atom stereocenters. The largest absolute Gasteiger partial charge is 0.392 e. The smallest absolute Gasteiger partial charge is 0.0775 e. The average molecular weight is 242 g/mol. The molecular weight excluding hydrogens is 228 g/mol. The molecule has 0 saturated carbocycles. The lowest BCUT2D eigenvalue weighted by Crippen LogP contribution is -1.95. The van der Waals surface area contributed by atoms with Gasteiger partial charge in [-0.05, 0) is 24.6 Å². The Morgan fingerprint density at radius 3 is 2.65 bits per heavy atom. The summed E-state index contributed by atoms with van der Waals surface area (Å²) in [6.45, 7) is 1.75. The number of thiophene rings is 1. The highest BCUT2D eigenvalue weighted by atomic mass is 32.1. The van der Waals surface area contributed by atoms with Gasteiger partial charge in [0.25, 0.3) is 0 Å². The molecule has 0 aliphatic carbocycles. The van der Waals surface area contributed by atoms with Gasteiger partial charge in [-0.2, -0.15) is 0 Å². The van der Waals surface area contributed by atoms with Crippen LogP contribution in [0, 0.1) is 11.8 Å². The van der Waals surface area contributed by atoms with E-state index in [1.807, 2.05) is 24.3 Å². The van der Waals surface area contributed by atoms with Gasteiger partial charge in [0.1, 0.15) is 0 Å². The molecule has 1 unspecified atom stereocenters. The highest BCUT2D eigenvalue weighted by molar-refractivity contribution is 7.16. The topological polar surface area (TPSA) is 20.2 Å². The van der Waals surface area contributed by atoms with Gasteiger partial charge in [-0.15, -0.1) is 11.3 Å². The highest BCUT2D eigenvalue weighted by Gasteiger charge is 2.00. The fourth-order valence-electron chi connectivity index (χ4n) is 1.45. The van der Waals surface area contributed by atoms with Crippen molar-refractivity contribution in [3.63, 3.8) is 0 Å². The van der Waals surface area contributed by atoms with Crippen molar-refractivity contribution in [3.05, 3.63) is 47.3 Å². The third-order valence-electron chi connectivity index (χ3n) is 2.27. The van der Waals surface area contributed by atoms with Crippen molar-refractivity contribution in [2.45, 2.75) is 19.4 Å². The summed E-state index contributed by atoms with van der Waals surface area (Å²) < 4.78 is 0. The molecule has 1 aromatic heterocycles. The summed E-state index contributed by atoms with van der Waals surface area (Å²) in [6, 6.07) is 14.4. The second kappa shape index (κ2) is 5.67. The summed E-state index contributed by atoms with van der Waals surface area (Å²) in [7, 11) is 0. The van der Waals surface area contributed by atoms with Gasteiger partial charge in [0.2, 0.25) is 0 Å². The minimum Gasteiger partial charge on any atom is -0.392 e. The zero-order valence-corrected chi connectivity index (χ0v) is 10.5. The summed E-state index contributed by atoms with van der Waals surface area (Å²) >= 11 is 1.68. The van der Waals surface area contributed by atoms with Gasteiger partial charge in [0, 0.05) is 11.3 Å². The van der Waals surface area contributed by atoms with E-state index in [-0.39, 0.29) is 6.10 Å². The van der Waals surface area contributed by atoms with Crippen LogP contribution in [0.15, 0.2) is 42.5 Å². The van der Waals surface area contributed by atoms with Crippen molar-refractivity contribution in [2.24, 2.45) is 0 Å². The minimum atomic E-state index is -0.351. The second-order valence-electron chi connectivity index (χ2n) is 3.88. The first-order valence-corrected chi connectivity index (χ1v) is 6.39.